The van der Waals surface area contributed by atoms with Gasteiger partial charge < -0.3 is 13.9 Å². The van der Waals surface area contributed by atoms with E-state index in [9.17, 15) is 0 Å². The van der Waals surface area contributed by atoms with Gasteiger partial charge in [-0.1, -0.05) is 170 Å². The van der Waals surface area contributed by atoms with Crippen LogP contribution in [0.3, 0.4) is 0 Å². The lowest BCUT2D eigenvalue weighted by molar-refractivity contribution is 0.669. The summed E-state index contributed by atoms with van der Waals surface area (Å²) in [5.41, 5.74) is 20.7. The fourth-order valence-electron chi connectivity index (χ4n) is 12.2. The van der Waals surface area contributed by atoms with Crippen molar-refractivity contribution in [2.45, 2.75) is 5.41 Å². The number of rotatable bonds is 5. The molecule has 0 atom stereocenters. The molecule has 0 radical (unpaired) electrons. The van der Waals surface area contributed by atoms with Gasteiger partial charge in [0.1, 0.15) is 11.2 Å². The Morgan fingerprint density at radius 2 is 0.853 bits per heavy atom. The molecule has 15 rings (SSSR count). The highest BCUT2D eigenvalue weighted by molar-refractivity contribution is 6.17. The van der Waals surface area contributed by atoms with Crippen LogP contribution < -0.4 is 4.90 Å². The second kappa shape index (κ2) is 14.0. The quantitative estimate of drug-likeness (QED) is 0.172. The molecule has 0 amide bonds. The molecule has 13 aromatic rings. The van der Waals surface area contributed by atoms with Crippen molar-refractivity contribution in [1.29, 1.82) is 0 Å². The second-order valence-corrected chi connectivity index (χ2v) is 18.3. The van der Waals surface area contributed by atoms with Crippen molar-refractivity contribution in [2.24, 2.45) is 0 Å². The molecule has 0 saturated carbocycles. The number of benzene rings is 11. The first-order valence-electron chi connectivity index (χ1n) is 23.5. The van der Waals surface area contributed by atoms with Crippen molar-refractivity contribution >= 4 is 71.6 Å². The van der Waals surface area contributed by atoms with E-state index in [0.717, 1.165) is 55.8 Å². The highest BCUT2D eigenvalue weighted by Gasteiger charge is 2.51. The largest absolute Gasteiger partial charge is 0.456 e. The lowest BCUT2D eigenvalue weighted by Crippen LogP contribution is -2.26. The Labute approximate surface area is 393 Å². The van der Waals surface area contributed by atoms with Crippen molar-refractivity contribution in [3.05, 3.63) is 265 Å². The number of fused-ring (bicyclic) bond motifs is 17. The maximum Gasteiger partial charge on any atom is 0.136 e. The fourth-order valence-corrected chi connectivity index (χ4v) is 12.2. The zero-order valence-corrected chi connectivity index (χ0v) is 36.9. The van der Waals surface area contributed by atoms with Crippen LogP contribution in [0.4, 0.5) is 17.1 Å². The van der Waals surface area contributed by atoms with E-state index in [2.05, 4.69) is 252 Å². The summed E-state index contributed by atoms with van der Waals surface area (Å²) in [4.78, 5) is 2.48. The fraction of sp³-hybridized carbons (Fsp3) is 0.0154. The molecule has 2 aliphatic carbocycles. The summed E-state index contributed by atoms with van der Waals surface area (Å²) in [5, 5.41) is 7.09. The molecule has 68 heavy (non-hydrogen) atoms. The molecule has 316 valence electrons. The first-order chi connectivity index (χ1) is 33.7. The summed E-state index contributed by atoms with van der Waals surface area (Å²) in [7, 11) is 0. The average molecular weight is 865 g/mol. The third kappa shape index (κ3) is 5.02. The van der Waals surface area contributed by atoms with Crippen molar-refractivity contribution in [3.8, 4) is 39.1 Å². The van der Waals surface area contributed by atoms with E-state index in [1.54, 1.807) is 0 Å². The number of hydrogen-bond acceptors (Lipinski definition) is 2. The van der Waals surface area contributed by atoms with E-state index in [4.69, 9.17) is 4.42 Å². The van der Waals surface area contributed by atoms with Gasteiger partial charge in [0, 0.05) is 44.2 Å². The Balaban J connectivity index is 0.988. The Bertz CT molecular complexity index is 4110. The highest BCUT2D eigenvalue weighted by Crippen LogP contribution is 2.63. The maximum absolute atomic E-state index is 6.68. The number of nitrogens with zero attached hydrogens (tertiary/aromatic N) is 2. The summed E-state index contributed by atoms with van der Waals surface area (Å²) >= 11 is 0. The summed E-state index contributed by atoms with van der Waals surface area (Å²) < 4.78 is 9.07. The second-order valence-electron chi connectivity index (χ2n) is 18.3. The molecule has 0 saturated heterocycles. The predicted molar refractivity (Wildman–Crippen MR) is 282 cm³/mol. The third-order valence-corrected chi connectivity index (χ3v) is 15.0. The van der Waals surface area contributed by atoms with Gasteiger partial charge in [0.05, 0.1) is 22.1 Å². The summed E-state index contributed by atoms with van der Waals surface area (Å²) in [5.74, 6) is 0. The van der Waals surface area contributed by atoms with Crippen LogP contribution in [0.2, 0.25) is 0 Å². The Kier molecular flexibility index (Phi) is 7.71. The van der Waals surface area contributed by atoms with Gasteiger partial charge in [-0.3, -0.25) is 0 Å². The lowest BCUT2D eigenvalue weighted by atomic mass is 9.70. The van der Waals surface area contributed by atoms with Crippen molar-refractivity contribution in [2.75, 3.05) is 4.90 Å². The molecule has 0 aliphatic heterocycles. The molecule has 0 unspecified atom stereocenters. The number of anilines is 3. The Morgan fingerprint density at radius 1 is 0.338 bits per heavy atom. The molecule has 0 N–H and O–H groups in total. The SMILES string of the molecule is c1ccc(N(c2ccc(-n3c4ccccc4c4ccccc43)cc2)c2ccc3c(c2)C2(c4ccccc4-c4ccccc42)c2ccccc2-3)c(-c2cccc3oc4cc5ccccc5cc4c23)c1. The molecular weight excluding hydrogens is 825 g/mol. The minimum Gasteiger partial charge on any atom is -0.456 e. The number of furan rings is 1. The van der Waals surface area contributed by atoms with Gasteiger partial charge in [0.15, 0.2) is 0 Å². The molecule has 3 heteroatoms. The average Bonchev–Trinajstić information content (AvgIpc) is 4.12. The lowest BCUT2D eigenvalue weighted by Gasteiger charge is -2.32. The summed E-state index contributed by atoms with van der Waals surface area (Å²) in [6.45, 7) is 0. The molecule has 2 heterocycles. The number of hydrogen-bond donors (Lipinski definition) is 0. The zero-order chi connectivity index (χ0) is 44.5. The number of para-hydroxylation sites is 3. The van der Waals surface area contributed by atoms with Crippen LogP contribution in [-0.4, -0.2) is 4.57 Å². The first kappa shape index (κ1) is 37.3. The molecule has 11 aromatic carbocycles. The van der Waals surface area contributed by atoms with Crippen LogP contribution in [0.15, 0.2) is 247 Å². The van der Waals surface area contributed by atoms with Crippen LogP contribution >= 0.6 is 0 Å². The highest BCUT2D eigenvalue weighted by atomic mass is 16.3. The molecule has 0 fully saturated rings. The van der Waals surface area contributed by atoms with Gasteiger partial charge in [0.2, 0.25) is 0 Å². The topological polar surface area (TPSA) is 21.3 Å². The maximum atomic E-state index is 6.68. The molecule has 3 nitrogen and oxygen atoms in total. The molecule has 0 bridgehead atoms. The molecule has 2 aliphatic rings. The van der Waals surface area contributed by atoms with E-state index in [-0.39, 0.29) is 0 Å². The van der Waals surface area contributed by atoms with Crippen molar-refractivity contribution in [3.63, 3.8) is 0 Å². The van der Waals surface area contributed by atoms with Gasteiger partial charge >= 0.3 is 0 Å². The van der Waals surface area contributed by atoms with Crippen LogP contribution in [0.5, 0.6) is 0 Å². The van der Waals surface area contributed by atoms with Gasteiger partial charge in [-0.2, -0.15) is 0 Å². The van der Waals surface area contributed by atoms with Gasteiger partial charge in [-0.25, -0.2) is 0 Å². The predicted octanol–water partition coefficient (Wildman–Crippen LogP) is 17.3. The first-order valence-corrected chi connectivity index (χ1v) is 23.5. The standard InChI is InChI=1S/C65H40N2O/c1-2-17-42-39-63-54(38-41(42)16-1)64-53(24-15-31-62(64)68-63)52-23-8-12-28-59(52)66(43-32-34-44(35-33-43)67-60-29-13-6-21-50(60)51-22-7-14-30-61(51)67)45-36-37-49-48-20-5-11-27-57(48)65(58(49)40-45)55-25-9-3-18-46(55)47-19-4-10-26-56(47)65/h1-40H. The van der Waals surface area contributed by atoms with E-state index in [1.165, 1.54) is 77.1 Å². The van der Waals surface area contributed by atoms with Gasteiger partial charge in [-0.05, 0) is 134 Å². The van der Waals surface area contributed by atoms with Gasteiger partial charge in [0.25, 0.3) is 0 Å². The minimum absolute atomic E-state index is 0.481. The van der Waals surface area contributed by atoms with Crippen LogP contribution in [0.1, 0.15) is 22.3 Å². The normalized spacial score (nSPS) is 13.1. The van der Waals surface area contributed by atoms with Crippen LogP contribution in [0, 0.1) is 0 Å². The summed E-state index contributed by atoms with van der Waals surface area (Å²) in [6, 6.07) is 89.4. The Morgan fingerprint density at radius 3 is 1.51 bits per heavy atom. The monoisotopic (exact) mass is 864 g/mol. The Hall–Kier alpha value is -8.92. The smallest absolute Gasteiger partial charge is 0.136 e. The molecule has 2 aromatic heterocycles. The van der Waals surface area contributed by atoms with E-state index < -0.39 is 5.41 Å². The third-order valence-electron chi connectivity index (χ3n) is 15.0. The zero-order valence-electron chi connectivity index (χ0n) is 36.9. The van der Waals surface area contributed by atoms with Crippen molar-refractivity contribution < 1.29 is 4.42 Å². The number of aromatic nitrogens is 1. The summed E-state index contributed by atoms with van der Waals surface area (Å²) in [6.07, 6.45) is 0. The van der Waals surface area contributed by atoms with Gasteiger partial charge in [-0.15, -0.1) is 0 Å². The van der Waals surface area contributed by atoms with Crippen molar-refractivity contribution in [1.82, 2.24) is 4.57 Å². The molecular formula is C65H40N2O. The van der Waals surface area contributed by atoms with E-state index >= 15 is 0 Å². The van der Waals surface area contributed by atoms with E-state index in [1.807, 2.05) is 0 Å². The van der Waals surface area contributed by atoms with Crippen LogP contribution in [0.25, 0.3) is 93.6 Å². The minimum atomic E-state index is -0.481. The van der Waals surface area contributed by atoms with Crippen LogP contribution in [-0.2, 0) is 5.41 Å². The molecule has 1 spiro atoms. The van der Waals surface area contributed by atoms with E-state index in [0.29, 0.717) is 0 Å².